The van der Waals surface area contributed by atoms with Crippen LogP contribution in [0.4, 0.5) is 0 Å². The Morgan fingerprint density at radius 3 is 2.57 bits per heavy atom. The predicted octanol–water partition coefficient (Wildman–Crippen LogP) is 4.15. The Bertz CT molecular complexity index is 1130. The van der Waals surface area contributed by atoms with E-state index in [0.29, 0.717) is 28.4 Å². The van der Waals surface area contributed by atoms with Crippen molar-refractivity contribution in [3.63, 3.8) is 0 Å². The average Bonchev–Trinajstić information content (AvgIpc) is 3.56. The lowest BCUT2D eigenvalue weighted by Gasteiger charge is -2.34. The second kappa shape index (κ2) is 11.7. The molecule has 3 amide bonds. The van der Waals surface area contributed by atoms with Gasteiger partial charge in [-0.25, -0.2) is 0 Å². The summed E-state index contributed by atoms with van der Waals surface area (Å²) in [6.07, 6.45) is 2.21. The Hall–Kier alpha value is -3.59. The molecule has 0 unspecified atom stereocenters. The molecule has 3 aromatic rings. The van der Waals surface area contributed by atoms with E-state index in [0.717, 1.165) is 0 Å². The smallest absolute Gasteiger partial charge is 0.261 e. The van der Waals surface area contributed by atoms with Gasteiger partial charge in [-0.15, -0.1) is 11.3 Å². The fraction of sp³-hybridized carbons (Fsp3) is 0.346. The van der Waals surface area contributed by atoms with Gasteiger partial charge < -0.3 is 24.7 Å². The van der Waals surface area contributed by atoms with E-state index in [2.05, 4.69) is 10.6 Å². The molecule has 0 bridgehead atoms. The second-order valence-electron chi connectivity index (χ2n) is 8.67. The molecule has 0 aliphatic heterocycles. The van der Waals surface area contributed by atoms with Gasteiger partial charge in [-0.2, -0.15) is 0 Å². The van der Waals surface area contributed by atoms with Crippen LogP contribution in [0.3, 0.4) is 0 Å². The maximum Gasteiger partial charge on any atom is 0.261 e. The monoisotopic (exact) mass is 497 g/mol. The number of furan rings is 1. The van der Waals surface area contributed by atoms with E-state index in [4.69, 9.17) is 9.15 Å². The summed E-state index contributed by atoms with van der Waals surface area (Å²) in [7, 11) is 1.54. The molecule has 1 atom stereocenters. The van der Waals surface area contributed by atoms with Crippen molar-refractivity contribution in [1.82, 2.24) is 15.5 Å². The molecule has 0 saturated heterocycles. The molecule has 0 aliphatic rings. The second-order valence-corrected chi connectivity index (χ2v) is 9.61. The molecule has 3 rings (SSSR count). The predicted molar refractivity (Wildman–Crippen MR) is 134 cm³/mol. The van der Waals surface area contributed by atoms with Crippen LogP contribution in [-0.2, 0) is 16.1 Å². The highest BCUT2D eigenvalue weighted by atomic mass is 32.1. The van der Waals surface area contributed by atoms with Crippen molar-refractivity contribution in [3.05, 3.63) is 76.4 Å². The standard InChI is InChI=1S/C26H31N3O5S/c1-5-26(2,3)28-25(32)23(18-9-6-10-19(15-18)33-4)29(17-20-11-7-13-34-20)22(30)16-27-24(31)21-12-8-14-35-21/h6-15,23H,5,16-17H2,1-4H3,(H,27,31)(H,28,32)/t23-/m0/s1. The van der Waals surface area contributed by atoms with Crippen molar-refractivity contribution < 1.29 is 23.5 Å². The summed E-state index contributed by atoms with van der Waals surface area (Å²) in [6.45, 7) is 5.60. The Morgan fingerprint density at radius 1 is 1.14 bits per heavy atom. The van der Waals surface area contributed by atoms with Crippen molar-refractivity contribution in [1.29, 1.82) is 0 Å². The lowest BCUT2D eigenvalue weighted by atomic mass is 9.98. The third-order valence-electron chi connectivity index (χ3n) is 5.69. The van der Waals surface area contributed by atoms with Crippen molar-refractivity contribution >= 4 is 29.1 Å². The molecule has 2 N–H and O–H groups in total. The lowest BCUT2D eigenvalue weighted by Crippen LogP contribution is -2.51. The number of nitrogens with zero attached hydrogens (tertiary/aromatic N) is 1. The van der Waals surface area contributed by atoms with Gasteiger partial charge in [0, 0.05) is 5.54 Å². The quantitative estimate of drug-likeness (QED) is 0.414. The molecule has 9 heteroatoms. The SMILES string of the molecule is CCC(C)(C)NC(=O)[C@H](c1cccc(OC)c1)N(Cc1ccco1)C(=O)CNC(=O)c1cccs1. The number of ether oxygens (including phenoxy) is 1. The van der Waals surface area contributed by atoms with Crippen LogP contribution in [0.1, 0.15) is 54.2 Å². The molecule has 0 saturated carbocycles. The Kier molecular flexibility index (Phi) is 8.70. The Balaban J connectivity index is 1.96. The summed E-state index contributed by atoms with van der Waals surface area (Å²) in [6, 6.07) is 13.0. The van der Waals surface area contributed by atoms with E-state index in [1.54, 1.807) is 61.0 Å². The van der Waals surface area contributed by atoms with Gasteiger partial charge in [0.15, 0.2) is 0 Å². The first-order valence-electron chi connectivity index (χ1n) is 11.3. The van der Waals surface area contributed by atoms with E-state index in [9.17, 15) is 14.4 Å². The molecular weight excluding hydrogens is 466 g/mol. The van der Waals surface area contributed by atoms with E-state index >= 15 is 0 Å². The number of carbonyl (C=O) groups is 3. The highest BCUT2D eigenvalue weighted by Crippen LogP contribution is 2.28. The number of rotatable bonds is 11. The normalized spacial score (nSPS) is 12.0. The third-order valence-corrected chi connectivity index (χ3v) is 6.56. The number of thiophene rings is 1. The Morgan fingerprint density at radius 2 is 1.94 bits per heavy atom. The minimum atomic E-state index is -0.979. The summed E-state index contributed by atoms with van der Waals surface area (Å²) in [5.41, 5.74) is 0.0966. The van der Waals surface area contributed by atoms with Crippen molar-refractivity contribution in [2.24, 2.45) is 0 Å². The van der Waals surface area contributed by atoms with E-state index < -0.39 is 17.5 Å². The maximum atomic E-state index is 13.7. The van der Waals surface area contributed by atoms with E-state index in [1.807, 2.05) is 20.8 Å². The fourth-order valence-corrected chi connectivity index (χ4v) is 4.06. The van der Waals surface area contributed by atoms with Crippen molar-refractivity contribution in [2.45, 2.75) is 45.3 Å². The largest absolute Gasteiger partial charge is 0.497 e. The number of benzene rings is 1. The molecule has 35 heavy (non-hydrogen) atoms. The highest BCUT2D eigenvalue weighted by Gasteiger charge is 2.34. The summed E-state index contributed by atoms with van der Waals surface area (Å²) < 4.78 is 10.9. The molecule has 0 spiro atoms. The van der Waals surface area contributed by atoms with Crippen LogP contribution >= 0.6 is 11.3 Å². The zero-order chi connectivity index (χ0) is 25.4. The first-order chi connectivity index (χ1) is 16.7. The maximum absolute atomic E-state index is 13.7. The zero-order valence-corrected chi connectivity index (χ0v) is 21.2. The number of methoxy groups -OCH3 is 1. The van der Waals surface area contributed by atoms with Gasteiger partial charge in [0.05, 0.1) is 31.3 Å². The first kappa shape index (κ1) is 26.0. The average molecular weight is 498 g/mol. The lowest BCUT2D eigenvalue weighted by molar-refractivity contribution is -0.141. The van der Waals surface area contributed by atoms with Crippen LogP contribution in [0.2, 0.25) is 0 Å². The van der Waals surface area contributed by atoms with Crippen molar-refractivity contribution in [3.8, 4) is 5.75 Å². The zero-order valence-electron chi connectivity index (χ0n) is 20.4. The molecule has 2 aromatic heterocycles. The van der Waals surface area contributed by atoms with Crippen LogP contribution in [0.15, 0.2) is 64.6 Å². The van der Waals surface area contributed by atoms with Gasteiger partial charge in [0.1, 0.15) is 17.6 Å². The van der Waals surface area contributed by atoms with Gasteiger partial charge in [-0.05, 0) is 61.5 Å². The highest BCUT2D eigenvalue weighted by molar-refractivity contribution is 7.12. The first-order valence-corrected chi connectivity index (χ1v) is 12.2. The van der Waals surface area contributed by atoms with Gasteiger partial charge in [-0.1, -0.05) is 25.1 Å². The Labute approximate surface area is 209 Å². The fourth-order valence-electron chi connectivity index (χ4n) is 3.42. The molecule has 2 heterocycles. The summed E-state index contributed by atoms with van der Waals surface area (Å²) in [4.78, 5) is 41.5. The topological polar surface area (TPSA) is 101 Å². The number of amides is 3. The van der Waals surface area contributed by atoms with Crippen LogP contribution in [0.5, 0.6) is 5.75 Å². The van der Waals surface area contributed by atoms with Crippen LogP contribution in [0, 0.1) is 0 Å². The molecule has 0 aliphatic carbocycles. The minimum Gasteiger partial charge on any atom is -0.497 e. The summed E-state index contributed by atoms with van der Waals surface area (Å²) >= 11 is 1.29. The summed E-state index contributed by atoms with van der Waals surface area (Å²) in [5.74, 6) is -0.0381. The molecular formula is C26H31N3O5S. The van der Waals surface area contributed by atoms with Gasteiger partial charge in [0.2, 0.25) is 11.8 Å². The van der Waals surface area contributed by atoms with Crippen molar-refractivity contribution in [2.75, 3.05) is 13.7 Å². The number of hydrogen-bond donors (Lipinski definition) is 2. The molecule has 0 fully saturated rings. The van der Waals surface area contributed by atoms with Gasteiger partial charge in [0.25, 0.3) is 5.91 Å². The van der Waals surface area contributed by atoms with Crippen LogP contribution < -0.4 is 15.4 Å². The molecule has 1 aromatic carbocycles. The van der Waals surface area contributed by atoms with E-state index in [-0.39, 0.29) is 24.9 Å². The third kappa shape index (κ3) is 6.95. The van der Waals surface area contributed by atoms with Gasteiger partial charge in [-0.3, -0.25) is 14.4 Å². The minimum absolute atomic E-state index is 0.0442. The number of hydrogen-bond acceptors (Lipinski definition) is 6. The molecule has 8 nitrogen and oxygen atoms in total. The number of nitrogens with one attached hydrogen (secondary N) is 2. The van der Waals surface area contributed by atoms with E-state index in [1.165, 1.54) is 22.5 Å². The molecule has 0 radical (unpaired) electrons. The van der Waals surface area contributed by atoms with Gasteiger partial charge >= 0.3 is 0 Å². The summed E-state index contributed by atoms with van der Waals surface area (Å²) in [5, 5.41) is 7.51. The van der Waals surface area contributed by atoms with Crippen LogP contribution in [0.25, 0.3) is 0 Å². The number of carbonyl (C=O) groups excluding carboxylic acids is 3. The molecule has 186 valence electrons. The van der Waals surface area contributed by atoms with Crippen LogP contribution in [-0.4, -0.2) is 41.8 Å².